The van der Waals surface area contributed by atoms with Crippen LogP contribution in [0.25, 0.3) is 6.08 Å². The Morgan fingerprint density at radius 2 is 2.00 bits per heavy atom. The first-order valence-corrected chi connectivity index (χ1v) is 10.3. The van der Waals surface area contributed by atoms with Crippen LogP contribution in [-0.2, 0) is 16.1 Å². The van der Waals surface area contributed by atoms with E-state index in [1.54, 1.807) is 25.1 Å². The van der Waals surface area contributed by atoms with Gasteiger partial charge in [-0.3, -0.25) is 9.69 Å². The average molecular weight is 540 g/mol. The van der Waals surface area contributed by atoms with Crippen molar-refractivity contribution in [3.63, 3.8) is 0 Å². The summed E-state index contributed by atoms with van der Waals surface area (Å²) >= 11 is 1.97. The van der Waals surface area contributed by atoms with Crippen LogP contribution in [0.3, 0.4) is 0 Å². The Morgan fingerprint density at radius 1 is 1.26 bits per heavy atom. The van der Waals surface area contributed by atoms with E-state index in [9.17, 15) is 18.8 Å². The van der Waals surface area contributed by atoms with E-state index < -0.39 is 30.3 Å². The van der Waals surface area contributed by atoms with Gasteiger partial charge >= 0.3 is 12.0 Å². The first-order chi connectivity index (χ1) is 14.8. The SMILES string of the molecule is CCOc1cc(/C=C2\NC(=O)N(Cc3ccccc3F)C2=O)cc(I)c1OCC(=O)O. The number of carboxylic acids is 1. The minimum Gasteiger partial charge on any atom is -0.490 e. The Labute approximate surface area is 190 Å². The summed E-state index contributed by atoms with van der Waals surface area (Å²) in [5.41, 5.74) is 0.783. The maximum absolute atomic E-state index is 13.9. The predicted molar refractivity (Wildman–Crippen MR) is 117 cm³/mol. The second-order valence-corrected chi connectivity index (χ2v) is 7.58. The molecule has 0 atom stereocenters. The molecular formula is C21H18FIN2O6. The minimum absolute atomic E-state index is 0.0267. The van der Waals surface area contributed by atoms with Gasteiger partial charge in [-0.1, -0.05) is 18.2 Å². The van der Waals surface area contributed by atoms with Crippen molar-refractivity contribution in [2.24, 2.45) is 0 Å². The van der Waals surface area contributed by atoms with Crippen LogP contribution >= 0.6 is 22.6 Å². The monoisotopic (exact) mass is 540 g/mol. The number of carbonyl (C=O) groups excluding carboxylic acids is 2. The van der Waals surface area contributed by atoms with Crippen molar-refractivity contribution in [1.82, 2.24) is 10.2 Å². The number of amides is 3. The standard InChI is InChI=1S/C21H18FIN2O6/c1-2-30-17-9-12(7-15(23)19(17)31-11-18(26)27)8-16-20(28)25(21(29)24-16)10-13-5-3-4-6-14(13)22/h3-9H,2,10-11H2,1H3,(H,24,29)(H,26,27)/b16-8-. The second-order valence-electron chi connectivity index (χ2n) is 6.42. The van der Waals surface area contributed by atoms with E-state index in [0.717, 1.165) is 4.90 Å². The molecule has 1 saturated heterocycles. The molecule has 3 amide bonds. The van der Waals surface area contributed by atoms with Gasteiger partial charge in [0.2, 0.25) is 0 Å². The lowest BCUT2D eigenvalue weighted by Crippen LogP contribution is -2.30. The highest BCUT2D eigenvalue weighted by Gasteiger charge is 2.34. The molecule has 10 heteroatoms. The normalized spacial score (nSPS) is 14.7. The molecule has 1 aliphatic heterocycles. The number of urea groups is 1. The van der Waals surface area contributed by atoms with Crippen LogP contribution in [0.15, 0.2) is 42.1 Å². The van der Waals surface area contributed by atoms with E-state index in [2.05, 4.69) is 5.32 Å². The molecule has 0 bridgehead atoms. The highest BCUT2D eigenvalue weighted by molar-refractivity contribution is 14.1. The van der Waals surface area contributed by atoms with Crippen LogP contribution in [0.2, 0.25) is 0 Å². The summed E-state index contributed by atoms with van der Waals surface area (Å²) < 4.78 is 25.3. The summed E-state index contributed by atoms with van der Waals surface area (Å²) in [6, 6.07) is 8.50. The summed E-state index contributed by atoms with van der Waals surface area (Å²) in [5.74, 6) is -1.64. The van der Waals surface area contributed by atoms with Gasteiger partial charge < -0.3 is 19.9 Å². The van der Waals surface area contributed by atoms with Crippen molar-refractivity contribution in [1.29, 1.82) is 0 Å². The van der Waals surface area contributed by atoms with Crippen LogP contribution in [0.1, 0.15) is 18.1 Å². The molecule has 0 spiro atoms. The Bertz CT molecular complexity index is 1070. The number of ether oxygens (including phenoxy) is 2. The van der Waals surface area contributed by atoms with Gasteiger partial charge in [0.1, 0.15) is 11.5 Å². The number of imide groups is 1. The van der Waals surface area contributed by atoms with E-state index >= 15 is 0 Å². The third kappa shape index (κ3) is 5.32. The number of carbonyl (C=O) groups is 3. The molecule has 1 aliphatic rings. The Morgan fingerprint density at radius 3 is 2.68 bits per heavy atom. The van der Waals surface area contributed by atoms with Crippen LogP contribution in [0.4, 0.5) is 9.18 Å². The predicted octanol–water partition coefficient (Wildman–Crippen LogP) is 3.39. The van der Waals surface area contributed by atoms with Gasteiger partial charge in [-0.15, -0.1) is 0 Å². The molecule has 0 aromatic heterocycles. The second kappa shape index (κ2) is 9.77. The van der Waals surface area contributed by atoms with Gasteiger partial charge in [-0.2, -0.15) is 0 Å². The Balaban J connectivity index is 1.87. The number of nitrogens with one attached hydrogen (secondary N) is 1. The summed E-state index contributed by atoms with van der Waals surface area (Å²) in [5, 5.41) is 11.3. The topological polar surface area (TPSA) is 105 Å². The summed E-state index contributed by atoms with van der Waals surface area (Å²) in [6.45, 7) is 1.35. The molecule has 0 radical (unpaired) electrons. The lowest BCUT2D eigenvalue weighted by molar-refractivity contribution is -0.139. The molecule has 1 heterocycles. The van der Waals surface area contributed by atoms with E-state index in [4.69, 9.17) is 14.6 Å². The van der Waals surface area contributed by atoms with Gasteiger partial charge in [0, 0.05) is 5.56 Å². The molecule has 2 aromatic carbocycles. The van der Waals surface area contributed by atoms with Crippen LogP contribution in [0.5, 0.6) is 11.5 Å². The molecule has 0 aliphatic carbocycles. The highest BCUT2D eigenvalue weighted by atomic mass is 127. The number of benzene rings is 2. The maximum atomic E-state index is 13.9. The van der Waals surface area contributed by atoms with Gasteiger partial charge in [-0.25, -0.2) is 14.0 Å². The minimum atomic E-state index is -1.13. The molecule has 0 unspecified atom stereocenters. The van der Waals surface area contributed by atoms with E-state index in [1.165, 1.54) is 24.3 Å². The number of carboxylic acid groups (broad SMARTS) is 1. The van der Waals surface area contributed by atoms with Gasteiger partial charge in [0.25, 0.3) is 5.91 Å². The van der Waals surface area contributed by atoms with Gasteiger partial charge in [0.05, 0.1) is 16.7 Å². The largest absolute Gasteiger partial charge is 0.490 e. The molecule has 162 valence electrons. The highest BCUT2D eigenvalue weighted by Crippen LogP contribution is 2.35. The maximum Gasteiger partial charge on any atom is 0.341 e. The fourth-order valence-corrected chi connectivity index (χ4v) is 3.67. The molecule has 2 N–H and O–H groups in total. The smallest absolute Gasteiger partial charge is 0.341 e. The molecular weight excluding hydrogens is 522 g/mol. The number of aliphatic carboxylic acids is 1. The van der Waals surface area contributed by atoms with Crippen molar-refractivity contribution in [2.75, 3.05) is 13.2 Å². The molecule has 0 saturated carbocycles. The first kappa shape index (κ1) is 22.5. The lowest BCUT2D eigenvalue weighted by Gasteiger charge is -2.14. The summed E-state index contributed by atoms with van der Waals surface area (Å²) in [7, 11) is 0. The molecule has 8 nitrogen and oxygen atoms in total. The molecule has 31 heavy (non-hydrogen) atoms. The zero-order valence-corrected chi connectivity index (χ0v) is 18.5. The van der Waals surface area contributed by atoms with Crippen LogP contribution < -0.4 is 14.8 Å². The molecule has 1 fully saturated rings. The number of hydrogen-bond acceptors (Lipinski definition) is 5. The van der Waals surface area contributed by atoms with E-state index in [-0.39, 0.29) is 23.6 Å². The van der Waals surface area contributed by atoms with Crippen LogP contribution in [0, 0.1) is 9.39 Å². The average Bonchev–Trinajstić information content (AvgIpc) is 2.96. The van der Waals surface area contributed by atoms with Gasteiger partial charge in [-0.05, 0) is 59.4 Å². The number of hydrogen-bond donors (Lipinski definition) is 2. The third-order valence-electron chi connectivity index (χ3n) is 4.23. The Kier molecular flexibility index (Phi) is 7.10. The van der Waals surface area contributed by atoms with Crippen molar-refractivity contribution in [3.05, 3.63) is 62.6 Å². The zero-order chi connectivity index (χ0) is 22.5. The summed E-state index contributed by atoms with van der Waals surface area (Å²) in [4.78, 5) is 36.7. The van der Waals surface area contributed by atoms with Crippen LogP contribution in [-0.4, -0.2) is 41.1 Å². The quantitative estimate of drug-likeness (QED) is 0.302. The number of rotatable bonds is 8. The van der Waals surface area contributed by atoms with Crippen molar-refractivity contribution >= 4 is 46.6 Å². The number of nitrogens with zero attached hydrogens (tertiary/aromatic N) is 1. The lowest BCUT2D eigenvalue weighted by atomic mass is 10.1. The van der Waals surface area contributed by atoms with Gasteiger partial charge in [0.15, 0.2) is 18.1 Å². The summed E-state index contributed by atoms with van der Waals surface area (Å²) in [6.07, 6.45) is 1.47. The fourth-order valence-electron chi connectivity index (χ4n) is 2.89. The van der Waals surface area contributed by atoms with Crippen molar-refractivity contribution in [2.45, 2.75) is 13.5 Å². The Hall–Kier alpha value is -3.15. The van der Waals surface area contributed by atoms with E-state index in [0.29, 0.717) is 21.5 Å². The van der Waals surface area contributed by atoms with Crippen molar-refractivity contribution in [3.8, 4) is 11.5 Å². The number of halogens is 2. The molecule has 2 aromatic rings. The van der Waals surface area contributed by atoms with Crippen molar-refractivity contribution < 1.29 is 33.4 Å². The van der Waals surface area contributed by atoms with E-state index in [1.807, 2.05) is 22.6 Å². The third-order valence-corrected chi connectivity index (χ3v) is 5.03. The zero-order valence-electron chi connectivity index (χ0n) is 16.4. The molecule has 3 rings (SSSR count). The first-order valence-electron chi connectivity index (χ1n) is 9.19. The fraction of sp³-hybridized carbons (Fsp3) is 0.190.